The summed E-state index contributed by atoms with van der Waals surface area (Å²) in [6, 6.07) is 14.7. The molecule has 1 saturated heterocycles. The van der Waals surface area contributed by atoms with Crippen molar-refractivity contribution in [3.05, 3.63) is 64.7 Å². The van der Waals surface area contributed by atoms with E-state index >= 15 is 0 Å². The second kappa shape index (κ2) is 11.3. The Morgan fingerprint density at radius 2 is 1.83 bits per heavy atom. The highest BCUT2D eigenvalue weighted by atomic mass is 16.5. The Balaban J connectivity index is 1.20. The smallest absolute Gasteiger partial charge is 0.257 e. The van der Waals surface area contributed by atoms with E-state index in [1.54, 1.807) is 12.0 Å². The molecule has 3 aliphatic rings. The minimum Gasteiger partial charge on any atom is -0.491 e. The third-order valence-electron chi connectivity index (χ3n) is 8.09. The summed E-state index contributed by atoms with van der Waals surface area (Å²) in [6.07, 6.45) is 2.84. The number of benzene rings is 2. The highest BCUT2D eigenvalue weighted by Crippen LogP contribution is 2.31. The molecule has 0 saturated carbocycles. The molecule has 1 unspecified atom stereocenters. The summed E-state index contributed by atoms with van der Waals surface area (Å²) >= 11 is 0. The first-order chi connectivity index (χ1) is 17.5. The number of likely N-dealkylation sites (tertiary alicyclic amines) is 1. The van der Waals surface area contributed by atoms with Crippen LogP contribution in [-0.2, 0) is 17.7 Å². The normalized spacial score (nSPS) is 21.3. The second-order valence-electron chi connectivity index (χ2n) is 10.4. The van der Waals surface area contributed by atoms with Gasteiger partial charge in [0, 0.05) is 52.4 Å². The monoisotopic (exact) mass is 493 g/mol. The second-order valence-corrected chi connectivity index (χ2v) is 10.4. The van der Waals surface area contributed by atoms with Crippen molar-refractivity contribution in [2.75, 3.05) is 53.0 Å². The molecule has 2 atom stereocenters. The molecule has 2 aromatic rings. The maximum atomic E-state index is 13.4. The molecular weight excluding hydrogens is 454 g/mol. The quantitative estimate of drug-likeness (QED) is 0.640. The van der Waals surface area contributed by atoms with Gasteiger partial charge in [0.15, 0.2) is 0 Å². The van der Waals surface area contributed by atoms with Gasteiger partial charge in [0.25, 0.3) is 5.91 Å². The Kier molecular flexibility index (Phi) is 7.91. The van der Waals surface area contributed by atoms with E-state index in [1.165, 1.54) is 11.1 Å². The number of β-amino-alcohol motifs (C(OH)–C–C–N with tert-alkyl or cyclic N) is 1. The molecule has 2 aromatic carbocycles. The average molecular weight is 494 g/mol. The predicted molar refractivity (Wildman–Crippen MR) is 139 cm³/mol. The van der Waals surface area contributed by atoms with Crippen LogP contribution in [-0.4, -0.2) is 90.9 Å². The maximum Gasteiger partial charge on any atom is 0.257 e. The SMILES string of the molecule is COC1CCN(C(C)c2ccc3c(c2)OCCN(C[C@H](O)CN2CCc4ccccc4C2)C3=O)CC1. The summed E-state index contributed by atoms with van der Waals surface area (Å²) < 4.78 is 11.5. The predicted octanol–water partition coefficient (Wildman–Crippen LogP) is 3.11. The number of carbonyl (C=O) groups excluding carboxylic acids is 1. The van der Waals surface area contributed by atoms with Crippen molar-refractivity contribution >= 4 is 5.91 Å². The number of hydrogen-bond acceptors (Lipinski definition) is 6. The Bertz CT molecular complexity index is 1050. The summed E-state index contributed by atoms with van der Waals surface area (Å²) in [5, 5.41) is 10.9. The van der Waals surface area contributed by atoms with Crippen molar-refractivity contribution < 1.29 is 19.4 Å². The molecule has 194 valence electrons. The Morgan fingerprint density at radius 3 is 2.61 bits per heavy atom. The summed E-state index contributed by atoms with van der Waals surface area (Å²) in [5.74, 6) is 0.589. The third-order valence-corrected chi connectivity index (χ3v) is 8.09. The lowest BCUT2D eigenvalue weighted by molar-refractivity contribution is 0.0294. The van der Waals surface area contributed by atoms with Crippen molar-refractivity contribution in [3.63, 3.8) is 0 Å². The van der Waals surface area contributed by atoms with Gasteiger partial charge in [0.05, 0.1) is 24.3 Å². The van der Waals surface area contributed by atoms with E-state index < -0.39 is 6.10 Å². The fourth-order valence-electron chi connectivity index (χ4n) is 5.84. The molecule has 0 radical (unpaired) electrons. The number of nitrogens with zero attached hydrogens (tertiary/aromatic N) is 3. The largest absolute Gasteiger partial charge is 0.491 e. The molecule has 3 heterocycles. The molecule has 36 heavy (non-hydrogen) atoms. The standard InChI is InChI=1S/C29H39N3O4/c1-21(31-13-10-26(35-2)11-14-31)23-7-8-27-28(17-23)36-16-15-32(29(27)34)20-25(33)19-30-12-9-22-5-3-4-6-24(22)18-30/h3-8,17,21,25-26,33H,9-16,18-20H2,1-2H3/t21?,25-/m1/s1. The lowest BCUT2D eigenvalue weighted by Gasteiger charge is -2.35. The van der Waals surface area contributed by atoms with Gasteiger partial charge < -0.3 is 19.5 Å². The van der Waals surface area contributed by atoms with Gasteiger partial charge in [-0.15, -0.1) is 0 Å². The molecule has 0 bridgehead atoms. The fourth-order valence-corrected chi connectivity index (χ4v) is 5.84. The van der Waals surface area contributed by atoms with Crippen molar-refractivity contribution in [1.82, 2.24) is 14.7 Å². The maximum absolute atomic E-state index is 13.4. The number of amides is 1. The lowest BCUT2D eigenvalue weighted by atomic mass is 9.99. The van der Waals surface area contributed by atoms with Crippen LogP contribution in [0.2, 0.25) is 0 Å². The van der Waals surface area contributed by atoms with Gasteiger partial charge in [-0.1, -0.05) is 30.3 Å². The van der Waals surface area contributed by atoms with Crippen molar-refractivity contribution in [2.24, 2.45) is 0 Å². The Labute approximate surface area is 214 Å². The Morgan fingerprint density at radius 1 is 1.06 bits per heavy atom. The van der Waals surface area contributed by atoms with Gasteiger partial charge in [-0.3, -0.25) is 14.6 Å². The van der Waals surface area contributed by atoms with E-state index in [0.29, 0.717) is 43.7 Å². The van der Waals surface area contributed by atoms with E-state index in [1.807, 2.05) is 12.1 Å². The molecule has 0 spiro atoms. The van der Waals surface area contributed by atoms with Gasteiger partial charge in [-0.05, 0) is 55.0 Å². The molecular formula is C29H39N3O4. The number of hydrogen-bond donors (Lipinski definition) is 1. The molecule has 7 heteroatoms. The molecule has 0 aromatic heterocycles. The Hall–Kier alpha value is -2.45. The molecule has 5 rings (SSSR count). The topological polar surface area (TPSA) is 65.5 Å². The highest BCUT2D eigenvalue weighted by Gasteiger charge is 2.29. The minimum atomic E-state index is -0.602. The van der Waals surface area contributed by atoms with Crippen LogP contribution in [0.4, 0.5) is 0 Å². The lowest BCUT2D eigenvalue weighted by Crippen LogP contribution is -2.44. The van der Waals surface area contributed by atoms with Gasteiger partial charge in [-0.25, -0.2) is 0 Å². The van der Waals surface area contributed by atoms with E-state index in [9.17, 15) is 9.90 Å². The zero-order chi connectivity index (χ0) is 25.1. The van der Waals surface area contributed by atoms with E-state index in [-0.39, 0.29) is 11.9 Å². The van der Waals surface area contributed by atoms with Crippen LogP contribution in [0.5, 0.6) is 5.75 Å². The van der Waals surface area contributed by atoms with Crippen LogP contribution >= 0.6 is 0 Å². The van der Waals surface area contributed by atoms with E-state index in [4.69, 9.17) is 9.47 Å². The highest BCUT2D eigenvalue weighted by molar-refractivity contribution is 5.97. The van der Waals surface area contributed by atoms with Gasteiger partial charge >= 0.3 is 0 Å². The molecule has 3 aliphatic heterocycles. The molecule has 0 aliphatic carbocycles. The summed E-state index contributed by atoms with van der Waals surface area (Å²) in [7, 11) is 1.79. The van der Waals surface area contributed by atoms with E-state index in [0.717, 1.165) is 51.0 Å². The fraction of sp³-hybridized carbons (Fsp3) is 0.552. The van der Waals surface area contributed by atoms with Crippen LogP contribution in [0, 0.1) is 0 Å². The average Bonchev–Trinajstić information content (AvgIpc) is 3.06. The summed E-state index contributed by atoms with van der Waals surface area (Å²) in [4.78, 5) is 19.9. The van der Waals surface area contributed by atoms with E-state index in [2.05, 4.69) is 47.1 Å². The number of aliphatic hydroxyl groups excluding tert-OH is 1. The molecule has 7 nitrogen and oxygen atoms in total. The van der Waals surface area contributed by atoms with Crippen LogP contribution in [0.15, 0.2) is 42.5 Å². The zero-order valence-corrected chi connectivity index (χ0v) is 21.6. The van der Waals surface area contributed by atoms with Gasteiger partial charge in [-0.2, -0.15) is 0 Å². The van der Waals surface area contributed by atoms with Gasteiger partial charge in [0.2, 0.25) is 0 Å². The summed E-state index contributed by atoms with van der Waals surface area (Å²) in [5.41, 5.74) is 4.47. The third kappa shape index (κ3) is 5.59. The van der Waals surface area contributed by atoms with Crippen LogP contribution in [0.3, 0.4) is 0 Å². The first-order valence-electron chi connectivity index (χ1n) is 13.3. The molecule has 1 fully saturated rings. The van der Waals surface area contributed by atoms with Crippen LogP contribution in [0.25, 0.3) is 0 Å². The van der Waals surface area contributed by atoms with Crippen LogP contribution < -0.4 is 4.74 Å². The number of carbonyl (C=O) groups is 1. The van der Waals surface area contributed by atoms with Crippen LogP contribution in [0.1, 0.15) is 52.9 Å². The van der Waals surface area contributed by atoms with Crippen molar-refractivity contribution in [1.29, 1.82) is 0 Å². The first-order valence-corrected chi connectivity index (χ1v) is 13.3. The number of ether oxygens (including phenoxy) is 2. The molecule has 1 N–H and O–H groups in total. The number of fused-ring (bicyclic) bond motifs is 2. The summed E-state index contributed by atoms with van der Waals surface area (Å²) in [6.45, 7) is 7.77. The van der Waals surface area contributed by atoms with Crippen molar-refractivity contribution in [3.8, 4) is 5.75 Å². The minimum absolute atomic E-state index is 0.0642. The number of methoxy groups -OCH3 is 1. The number of aliphatic hydroxyl groups is 1. The first kappa shape index (κ1) is 25.2. The number of rotatable bonds is 7. The zero-order valence-electron chi connectivity index (χ0n) is 21.6. The van der Waals surface area contributed by atoms with Gasteiger partial charge in [0.1, 0.15) is 12.4 Å². The molecule has 1 amide bonds. The van der Waals surface area contributed by atoms with Crippen molar-refractivity contribution in [2.45, 2.75) is 51.0 Å². The number of piperidine rings is 1.